The molecule has 5 heteroatoms. The van der Waals surface area contributed by atoms with Gasteiger partial charge in [0.25, 0.3) is 11.8 Å². The Kier molecular flexibility index (Phi) is 5.54. The van der Waals surface area contributed by atoms with Crippen molar-refractivity contribution in [2.45, 2.75) is 13.3 Å². The molecule has 2 N–H and O–H groups in total. The number of amides is 2. The predicted octanol–water partition coefficient (Wildman–Crippen LogP) is 2.58. The number of furan rings is 1. The number of rotatable bonds is 6. The molecule has 1 aromatic heterocycles. The van der Waals surface area contributed by atoms with Crippen LogP contribution >= 0.6 is 0 Å². The fraction of sp³-hybridized carbons (Fsp3) is 0.176. The third-order valence-corrected chi connectivity index (χ3v) is 2.89. The Morgan fingerprint density at radius 2 is 1.91 bits per heavy atom. The van der Waals surface area contributed by atoms with Crippen molar-refractivity contribution in [1.82, 2.24) is 10.6 Å². The van der Waals surface area contributed by atoms with Crippen LogP contribution < -0.4 is 10.6 Å². The molecule has 2 rings (SSSR count). The van der Waals surface area contributed by atoms with Gasteiger partial charge in [-0.15, -0.1) is 0 Å². The summed E-state index contributed by atoms with van der Waals surface area (Å²) in [6.45, 7) is 2.49. The number of hydrogen-bond donors (Lipinski definition) is 2. The van der Waals surface area contributed by atoms with Gasteiger partial charge in [-0.25, -0.2) is 0 Å². The van der Waals surface area contributed by atoms with Crippen molar-refractivity contribution in [2.75, 3.05) is 6.54 Å². The molecule has 0 saturated carbocycles. The zero-order valence-corrected chi connectivity index (χ0v) is 12.3. The Bertz CT molecular complexity index is 646. The van der Waals surface area contributed by atoms with Crippen molar-refractivity contribution in [3.8, 4) is 0 Å². The van der Waals surface area contributed by atoms with Crippen LogP contribution in [-0.2, 0) is 4.79 Å². The number of nitrogens with one attached hydrogen (secondary N) is 2. The summed E-state index contributed by atoms with van der Waals surface area (Å²) in [6.07, 6.45) is 3.82. The molecule has 0 aliphatic carbocycles. The Hall–Kier alpha value is -2.82. The van der Waals surface area contributed by atoms with Crippen molar-refractivity contribution in [2.24, 2.45) is 0 Å². The summed E-state index contributed by atoms with van der Waals surface area (Å²) >= 11 is 0. The van der Waals surface area contributed by atoms with E-state index in [0.717, 1.165) is 6.42 Å². The lowest BCUT2D eigenvalue weighted by atomic mass is 10.2. The molecule has 0 aliphatic heterocycles. The van der Waals surface area contributed by atoms with Crippen molar-refractivity contribution in [3.63, 3.8) is 0 Å². The maximum Gasteiger partial charge on any atom is 0.267 e. The molecule has 114 valence electrons. The topological polar surface area (TPSA) is 71.3 Å². The smallest absolute Gasteiger partial charge is 0.267 e. The first kappa shape index (κ1) is 15.6. The number of carbonyl (C=O) groups excluding carboxylic acids is 2. The van der Waals surface area contributed by atoms with Gasteiger partial charge in [-0.05, 0) is 30.7 Å². The van der Waals surface area contributed by atoms with E-state index in [-0.39, 0.29) is 17.5 Å². The Labute approximate surface area is 129 Å². The van der Waals surface area contributed by atoms with E-state index in [1.54, 1.807) is 36.4 Å². The van der Waals surface area contributed by atoms with Crippen molar-refractivity contribution in [1.29, 1.82) is 0 Å². The van der Waals surface area contributed by atoms with Crippen molar-refractivity contribution < 1.29 is 14.0 Å². The van der Waals surface area contributed by atoms with Gasteiger partial charge < -0.3 is 15.1 Å². The highest BCUT2D eigenvalue weighted by Gasteiger charge is 2.14. The van der Waals surface area contributed by atoms with Crippen LogP contribution in [0, 0.1) is 0 Å². The molecule has 0 saturated heterocycles. The second-order valence-corrected chi connectivity index (χ2v) is 4.65. The van der Waals surface area contributed by atoms with Crippen LogP contribution in [0.5, 0.6) is 0 Å². The average Bonchev–Trinajstić information content (AvgIpc) is 3.05. The second kappa shape index (κ2) is 7.83. The molecule has 0 unspecified atom stereocenters. The minimum absolute atomic E-state index is 0.150. The van der Waals surface area contributed by atoms with Crippen LogP contribution in [0.3, 0.4) is 0 Å². The fourth-order valence-electron chi connectivity index (χ4n) is 1.79. The van der Waals surface area contributed by atoms with Gasteiger partial charge in [0.05, 0.1) is 6.26 Å². The molecular formula is C17H18N2O3. The number of hydrogen-bond acceptors (Lipinski definition) is 3. The third kappa shape index (κ3) is 4.34. The van der Waals surface area contributed by atoms with E-state index in [0.29, 0.717) is 17.9 Å². The average molecular weight is 298 g/mol. The monoisotopic (exact) mass is 298 g/mol. The van der Waals surface area contributed by atoms with Crippen LogP contribution in [0.25, 0.3) is 6.08 Å². The van der Waals surface area contributed by atoms with E-state index in [1.807, 2.05) is 13.0 Å². The Morgan fingerprint density at radius 1 is 1.14 bits per heavy atom. The lowest BCUT2D eigenvalue weighted by Gasteiger charge is -2.10. The summed E-state index contributed by atoms with van der Waals surface area (Å²) in [7, 11) is 0. The highest BCUT2D eigenvalue weighted by atomic mass is 16.3. The summed E-state index contributed by atoms with van der Waals surface area (Å²) in [6, 6.07) is 12.1. The SMILES string of the molecule is CCCNC(=O)/C(=C/c1ccco1)NC(=O)c1ccccc1. The molecule has 1 heterocycles. The summed E-state index contributed by atoms with van der Waals surface area (Å²) in [5.41, 5.74) is 0.633. The maximum absolute atomic E-state index is 12.2. The quantitative estimate of drug-likeness (QED) is 0.805. The van der Waals surface area contributed by atoms with Crippen LogP contribution in [0.15, 0.2) is 58.8 Å². The summed E-state index contributed by atoms with van der Waals surface area (Å²) in [5.74, 6) is -0.192. The molecule has 22 heavy (non-hydrogen) atoms. The van der Waals surface area contributed by atoms with Crippen LogP contribution in [0.2, 0.25) is 0 Å². The first-order chi connectivity index (χ1) is 10.7. The number of carbonyl (C=O) groups is 2. The zero-order chi connectivity index (χ0) is 15.8. The standard InChI is InChI=1S/C17H18N2O3/c1-2-10-18-17(21)15(12-14-9-6-11-22-14)19-16(20)13-7-4-3-5-8-13/h3-9,11-12H,2,10H2,1H3,(H,18,21)(H,19,20)/b15-12-. The van der Waals surface area contributed by atoms with Crippen molar-refractivity contribution in [3.05, 3.63) is 65.7 Å². The lowest BCUT2D eigenvalue weighted by molar-refractivity contribution is -0.117. The van der Waals surface area contributed by atoms with Crippen LogP contribution in [-0.4, -0.2) is 18.4 Å². The molecular weight excluding hydrogens is 280 g/mol. The molecule has 0 spiro atoms. The molecule has 0 aliphatic rings. The highest BCUT2D eigenvalue weighted by Crippen LogP contribution is 2.07. The summed E-state index contributed by atoms with van der Waals surface area (Å²) < 4.78 is 5.20. The highest BCUT2D eigenvalue weighted by molar-refractivity contribution is 6.05. The van der Waals surface area contributed by atoms with Crippen LogP contribution in [0.1, 0.15) is 29.5 Å². The van der Waals surface area contributed by atoms with Gasteiger partial charge in [0.1, 0.15) is 11.5 Å². The first-order valence-electron chi connectivity index (χ1n) is 7.10. The first-order valence-corrected chi connectivity index (χ1v) is 7.10. The minimum Gasteiger partial charge on any atom is -0.465 e. The van der Waals surface area contributed by atoms with Gasteiger partial charge >= 0.3 is 0 Å². The van der Waals surface area contributed by atoms with E-state index in [4.69, 9.17) is 4.42 Å². The van der Waals surface area contributed by atoms with E-state index in [9.17, 15) is 9.59 Å². The van der Waals surface area contributed by atoms with E-state index in [2.05, 4.69) is 10.6 Å². The van der Waals surface area contributed by atoms with Gasteiger partial charge in [0.2, 0.25) is 0 Å². The van der Waals surface area contributed by atoms with E-state index < -0.39 is 0 Å². The molecule has 0 fully saturated rings. The molecule has 2 aromatic rings. The molecule has 0 atom stereocenters. The minimum atomic E-state index is -0.345. The van der Waals surface area contributed by atoms with Gasteiger partial charge in [0.15, 0.2) is 0 Å². The van der Waals surface area contributed by atoms with E-state index >= 15 is 0 Å². The summed E-state index contributed by atoms with van der Waals surface area (Å²) in [5, 5.41) is 5.37. The normalized spacial score (nSPS) is 11.0. The third-order valence-electron chi connectivity index (χ3n) is 2.89. The van der Waals surface area contributed by atoms with Crippen molar-refractivity contribution >= 4 is 17.9 Å². The maximum atomic E-state index is 12.2. The van der Waals surface area contributed by atoms with Gasteiger partial charge in [-0.3, -0.25) is 9.59 Å². The fourth-order valence-corrected chi connectivity index (χ4v) is 1.79. The molecule has 1 aromatic carbocycles. The molecule has 0 bridgehead atoms. The molecule has 2 amide bonds. The predicted molar refractivity (Wildman–Crippen MR) is 83.9 cm³/mol. The van der Waals surface area contributed by atoms with Gasteiger partial charge in [0, 0.05) is 18.2 Å². The van der Waals surface area contributed by atoms with E-state index in [1.165, 1.54) is 12.3 Å². The van der Waals surface area contributed by atoms with Gasteiger partial charge in [-0.1, -0.05) is 25.1 Å². The number of benzene rings is 1. The largest absolute Gasteiger partial charge is 0.465 e. The summed E-state index contributed by atoms with van der Waals surface area (Å²) in [4.78, 5) is 24.4. The zero-order valence-electron chi connectivity index (χ0n) is 12.3. The molecule has 0 radical (unpaired) electrons. The Balaban J connectivity index is 2.17. The molecule has 5 nitrogen and oxygen atoms in total. The second-order valence-electron chi connectivity index (χ2n) is 4.65. The lowest BCUT2D eigenvalue weighted by Crippen LogP contribution is -2.35. The Morgan fingerprint density at radius 3 is 2.55 bits per heavy atom. The van der Waals surface area contributed by atoms with Crippen LogP contribution in [0.4, 0.5) is 0 Å². The van der Waals surface area contributed by atoms with Gasteiger partial charge in [-0.2, -0.15) is 0 Å².